The molecule has 0 fully saturated rings. The minimum atomic E-state index is -4.08. The number of carbonyl (C=O) groups excluding carboxylic acids is 3. The van der Waals surface area contributed by atoms with E-state index < -0.39 is 39.7 Å². The number of fused-ring (bicyclic) bond motifs is 1. The van der Waals surface area contributed by atoms with Gasteiger partial charge in [-0.15, -0.1) is 0 Å². The topological polar surface area (TPSA) is 178 Å². The zero-order chi connectivity index (χ0) is 38.3. The van der Waals surface area contributed by atoms with E-state index in [9.17, 15) is 22.8 Å². The first-order valence-electron chi connectivity index (χ1n) is 17.6. The second kappa shape index (κ2) is 16.9. The van der Waals surface area contributed by atoms with Crippen molar-refractivity contribution in [2.45, 2.75) is 136 Å². The lowest BCUT2D eigenvalue weighted by Crippen LogP contribution is -2.53. The monoisotopic (exact) mass is 727 g/mol. The lowest BCUT2D eigenvalue weighted by molar-refractivity contribution is -0.129. The van der Waals surface area contributed by atoms with Gasteiger partial charge in [0.05, 0.1) is 10.9 Å². The van der Waals surface area contributed by atoms with Gasteiger partial charge in [0.1, 0.15) is 23.0 Å². The maximum Gasteiger partial charge on any atom is 0.408 e. The maximum atomic E-state index is 13.6. The van der Waals surface area contributed by atoms with Gasteiger partial charge < -0.3 is 25.8 Å². The fraction of sp³-hybridized carbons (Fsp3) is 0.579. The van der Waals surface area contributed by atoms with Crippen LogP contribution < -0.4 is 25.8 Å². The highest BCUT2D eigenvalue weighted by Gasteiger charge is 2.34. The van der Waals surface area contributed by atoms with Crippen molar-refractivity contribution in [2.24, 2.45) is 16.6 Å². The number of carbonyl (C=O) groups is 3. The van der Waals surface area contributed by atoms with E-state index in [2.05, 4.69) is 20.3 Å². The fourth-order valence-electron chi connectivity index (χ4n) is 6.13. The SMILES string of the molecule is Cc1c(C)c(S(=O)(=O)NC(N)=NCCC[C@H](NC(=O)[C@H](CC(C)C)NC(=O)OC(C)(C)C)C(=O)Cc2ccccc2)c(C)c2c1OC(C)(C)CC2. The Labute approximate surface area is 303 Å². The van der Waals surface area contributed by atoms with Gasteiger partial charge in [0.15, 0.2) is 5.78 Å². The summed E-state index contributed by atoms with van der Waals surface area (Å²) in [6.45, 7) is 18.6. The Kier molecular flexibility index (Phi) is 13.7. The van der Waals surface area contributed by atoms with Crippen molar-refractivity contribution in [3.05, 3.63) is 58.1 Å². The summed E-state index contributed by atoms with van der Waals surface area (Å²) in [5.74, 6) is -0.197. The molecule has 0 bridgehead atoms. The molecule has 0 radical (unpaired) electrons. The summed E-state index contributed by atoms with van der Waals surface area (Å²) < 4.78 is 41.3. The number of alkyl carbamates (subject to hydrolysis) is 1. The molecule has 12 nitrogen and oxygen atoms in total. The number of hydrogen-bond acceptors (Lipinski definition) is 8. The number of nitrogens with one attached hydrogen (secondary N) is 3. The lowest BCUT2D eigenvalue weighted by Gasteiger charge is -2.35. The van der Waals surface area contributed by atoms with Crippen LogP contribution in [0.5, 0.6) is 5.75 Å². The third kappa shape index (κ3) is 12.0. The van der Waals surface area contributed by atoms with Crippen molar-refractivity contribution < 1.29 is 32.3 Å². The molecule has 1 heterocycles. The van der Waals surface area contributed by atoms with Crippen molar-refractivity contribution in [3.63, 3.8) is 0 Å². The van der Waals surface area contributed by atoms with E-state index in [1.165, 1.54) is 0 Å². The standard InChI is InChI=1S/C38H57N5O7S/c1-23(2)21-30(42-36(46)50-37(6,7)8)34(45)41-29(31(44)22-27-15-12-11-13-16-27)17-14-20-40-35(39)43-51(47,48)33-25(4)24(3)32-28(26(33)5)18-19-38(9,10)49-32/h11-13,15-16,23,29-30H,14,17-22H2,1-10H3,(H,41,45)(H,42,46)(H3,39,40,43)/t29-,30-/m0/s1. The molecule has 13 heteroatoms. The number of rotatable bonds is 14. The van der Waals surface area contributed by atoms with Crippen LogP contribution in [0.25, 0.3) is 0 Å². The average molecular weight is 728 g/mol. The largest absolute Gasteiger partial charge is 0.487 e. The molecule has 51 heavy (non-hydrogen) atoms. The Balaban J connectivity index is 1.75. The Morgan fingerprint density at radius 3 is 2.25 bits per heavy atom. The van der Waals surface area contributed by atoms with Crippen LogP contribution in [0.1, 0.15) is 102 Å². The molecule has 282 valence electrons. The van der Waals surface area contributed by atoms with Crippen molar-refractivity contribution in [1.82, 2.24) is 15.4 Å². The number of benzene rings is 2. The molecule has 0 saturated heterocycles. The number of sulfonamides is 1. The van der Waals surface area contributed by atoms with E-state index in [0.717, 1.165) is 28.9 Å². The summed E-state index contributed by atoms with van der Waals surface area (Å²) in [5.41, 5.74) is 8.64. The van der Waals surface area contributed by atoms with Crippen LogP contribution in [0.3, 0.4) is 0 Å². The number of hydrogen-bond donors (Lipinski definition) is 4. The van der Waals surface area contributed by atoms with Gasteiger partial charge in [0, 0.05) is 13.0 Å². The van der Waals surface area contributed by atoms with Gasteiger partial charge in [0.2, 0.25) is 11.9 Å². The number of guanidine groups is 1. The summed E-state index contributed by atoms with van der Waals surface area (Å²) >= 11 is 0. The van der Waals surface area contributed by atoms with E-state index in [4.69, 9.17) is 15.2 Å². The summed E-state index contributed by atoms with van der Waals surface area (Å²) in [6.07, 6.45) is 1.67. The smallest absolute Gasteiger partial charge is 0.408 e. The molecule has 1 aliphatic heterocycles. The molecule has 2 aromatic rings. The van der Waals surface area contributed by atoms with Crippen molar-refractivity contribution in [3.8, 4) is 5.75 Å². The normalized spacial score (nSPS) is 15.6. The molecule has 0 aromatic heterocycles. The molecule has 2 amide bonds. The van der Waals surface area contributed by atoms with Gasteiger partial charge in [-0.05, 0) is 121 Å². The van der Waals surface area contributed by atoms with Crippen LogP contribution in [0.4, 0.5) is 4.79 Å². The molecule has 0 spiro atoms. The Hall–Kier alpha value is -4.13. The molecule has 0 aliphatic carbocycles. The van der Waals surface area contributed by atoms with Gasteiger partial charge in [-0.2, -0.15) is 0 Å². The maximum absolute atomic E-state index is 13.6. The molecule has 0 unspecified atom stereocenters. The van der Waals surface area contributed by atoms with Crippen molar-refractivity contribution >= 4 is 33.8 Å². The van der Waals surface area contributed by atoms with Crippen LogP contribution in [-0.4, -0.2) is 62.0 Å². The van der Waals surface area contributed by atoms with Crippen molar-refractivity contribution in [2.75, 3.05) is 6.54 Å². The second-order valence-corrected chi connectivity index (χ2v) is 17.0. The number of ketones is 1. The van der Waals surface area contributed by atoms with Gasteiger partial charge in [-0.25, -0.2) is 17.9 Å². The quantitative estimate of drug-likeness (QED) is 0.115. The number of nitrogens with zero attached hydrogens (tertiary/aromatic N) is 1. The van der Waals surface area contributed by atoms with Crippen molar-refractivity contribution in [1.29, 1.82) is 0 Å². The van der Waals surface area contributed by atoms with Crippen LogP contribution in [0.15, 0.2) is 40.2 Å². The Bertz CT molecular complexity index is 1710. The number of nitrogens with two attached hydrogens (primary N) is 1. The molecule has 2 atom stereocenters. The molecule has 5 N–H and O–H groups in total. The predicted molar refractivity (Wildman–Crippen MR) is 199 cm³/mol. The number of Topliss-reactive ketones (excluding diaryl/α,β-unsaturated/α-hetero) is 1. The molecule has 3 rings (SSSR count). The Morgan fingerprint density at radius 2 is 1.65 bits per heavy atom. The molecular formula is C38H57N5O7S. The predicted octanol–water partition coefficient (Wildman–Crippen LogP) is 5.32. The average Bonchev–Trinajstić information content (AvgIpc) is 2.99. The van der Waals surface area contributed by atoms with E-state index in [1.807, 2.05) is 65.0 Å². The molecule has 0 saturated carbocycles. The van der Waals surface area contributed by atoms with E-state index in [-0.39, 0.29) is 47.5 Å². The van der Waals surface area contributed by atoms with Gasteiger partial charge in [-0.3, -0.25) is 14.6 Å². The first-order chi connectivity index (χ1) is 23.6. The number of ether oxygens (including phenoxy) is 2. The fourth-order valence-corrected chi connectivity index (χ4v) is 7.65. The summed E-state index contributed by atoms with van der Waals surface area (Å²) in [7, 11) is -4.08. The highest BCUT2D eigenvalue weighted by Crippen LogP contribution is 2.42. The summed E-state index contributed by atoms with van der Waals surface area (Å²) in [5, 5.41) is 5.50. The van der Waals surface area contributed by atoms with Crippen LogP contribution >= 0.6 is 0 Å². The Morgan fingerprint density at radius 1 is 1.00 bits per heavy atom. The first-order valence-corrected chi connectivity index (χ1v) is 19.1. The molecular weight excluding hydrogens is 671 g/mol. The second-order valence-electron chi connectivity index (χ2n) is 15.4. The van der Waals surface area contributed by atoms with E-state index in [1.54, 1.807) is 34.6 Å². The van der Waals surface area contributed by atoms with Crippen LogP contribution in [-0.2, 0) is 37.2 Å². The van der Waals surface area contributed by atoms with Crippen LogP contribution in [0, 0.1) is 26.7 Å². The van der Waals surface area contributed by atoms with Gasteiger partial charge in [0.25, 0.3) is 10.0 Å². The number of amides is 2. The van der Waals surface area contributed by atoms with E-state index >= 15 is 0 Å². The molecule has 1 aliphatic rings. The van der Waals surface area contributed by atoms with Gasteiger partial charge >= 0.3 is 6.09 Å². The first kappa shape index (κ1) is 41.3. The summed E-state index contributed by atoms with van der Waals surface area (Å²) in [6, 6.07) is 7.38. The number of aliphatic imine (C=N–C) groups is 1. The minimum absolute atomic E-state index is 0.0634. The highest BCUT2D eigenvalue weighted by molar-refractivity contribution is 7.90. The third-order valence-corrected chi connectivity index (χ3v) is 10.4. The highest BCUT2D eigenvalue weighted by atomic mass is 32.2. The summed E-state index contributed by atoms with van der Waals surface area (Å²) in [4.78, 5) is 44.0. The minimum Gasteiger partial charge on any atom is -0.487 e. The lowest BCUT2D eigenvalue weighted by atomic mass is 9.88. The third-order valence-electron chi connectivity index (χ3n) is 8.75. The van der Waals surface area contributed by atoms with E-state index in [0.29, 0.717) is 30.4 Å². The zero-order valence-electron chi connectivity index (χ0n) is 31.9. The zero-order valence-corrected chi connectivity index (χ0v) is 32.7. The van der Waals surface area contributed by atoms with Gasteiger partial charge in [-0.1, -0.05) is 44.2 Å². The van der Waals surface area contributed by atoms with Crippen LogP contribution in [0.2, 0.25) is 0 Å². The molecule has 2 aromatic carbocycles.